The van der Waals surface area contributed by atoms with Crippen molar-refractivity contribution in [2.24, 2.45) is 0 Å². The van der Waals surface area contributed by atoms with Gasteiger partial charge in [0.05, 0.1) is 19.3 Å². The van der Waals surface area contributed by atoms with E-state index in [0.29, 0.717) is 36.8 Å². The molecule has 2 heterocycles. The Hall–Kier alpha value is -2.73. The van der Waals surface area contributed by atoms with Gasteiger partial charge >= 0.3 is 0 Å². The van der Waals surface area contributed by atoms with Crippen molar-refractivity contribution in [2.75, 3.05) is 26.3 Å². The first-order chi connectivity index (χ1) is 15.4. The second-order valence-corrected chi connectivity index (χ2v) is 8.96. The Morgan fingerprint density at radius 3 is 2.62 bits per heavy atom. The Balaban J connectivity index is 1.46. The van der Waals surface area contributed by atoms with E-state index in [4.69, 9.17) is 14.2 Å². The van der Waals surface area contributed by atoms with Gasteiger partial charge in [0.25, 0.3) is 5.91 Å². The molecule has 1 atom stereocenters. The largest absolute Gasteiger partial charge is 0.490 e. The van der Waals surface area contributed by atoms with Gasteiger partial charge in [-0.1, -0.05) is 18.2 Å². The van der Waals surface area contributed by atoms with Gasteiger partial charge in [0.1, 0.15) is 11.4 Å². The second-order valence-electron chi connectivity index (χ2n) is 8.96. The van der Waals surface area contributed by atoms with Crippen LogP contribution >= 0.6 is 0 Å². The molecule has 1 unspecified atom stereocenters. The van der Waals surface area contributed by atoms with Crippen LogP contribution in [0.2, 0.25) is 0 Å². The van der Waals surface area contributed by atoms with E-state index in [1.54, 1.807) is 6.07 Å². The molecule has 2 aliphatic rings. The molecule has 2 aliphatic heterocycles. The maximum absolute atomic E-state index is 13.2. The molecule has 172 valence electrons. The molecule has 1 fully saturated rings. The van der Waals surface area contributed by atoms with E-state index in [0.717, 1.165) is 30.6 Å². The minimum absolute atomic E-state index is 0.00758. The van der Waals surface area contributed by atoms with Gasteiger partial charge < -0.3 is 24.2 Å². The van der Waals surface area contributed by atoms with Crippen LogP contribution in [0, 0.1) is 0 Å². The molecule has 6 nitrogen and oxygen atoms in total. The van der Waals surface area contributed by atoms with Crippen LogP contribution in [0.1, 0.15) is 61.9 Å². The number of fused-ring (bicyclic) bond motifs is 1. The van der Waals surface area contributed by atoms with Gasteiger partial charge in [0.15, 0.2) is 11.5 Å². The van der Waals surface area contributed by atoms with E-state index in [-0.39, 0.29) is 30.1 Å². The lowest BCUT2D eigenvalue weighted by Gasteiger charge is -2.46. The zero-order valence-electron chi connectivity index (χ0n) is 19.2. The lowest BCUT2D eigenvalue weighted by molar-refractivity contribution is -0.0229. The number of carbonyl (C=O) groups is 1. The van der Waals surface area contributed by atoms with Crippen LogP contribution in [0.5, 0.6) is 17.2 Å². The highest BCUT2D eigenvalue weighted by atomic mass is 16.5. The van der Waals surface area contributed by atoms with E-state index in [1.807, 2.05) is 62.1 Å². The Bertz CT molecular complexity index is 949. The van der Waals surface area contributed by atoms with Crippen LogP contribution in [0.25, 0.3) is 0 Å². The predicted octanol–water partition coefficient (Wildman–Crippen LogP) is 4.41. The number of likely N-dealkylation sites (tertiary alicyclic amines) is 1. The highest BCUT2D eigenvalue weighted by molar-refractivity contribution is 5.95. The molecular formula is C26H33NO5. The van der Waals surface area contributed by atoms with Crippen molar-refractivity contribution in [2.45, 2.75) is 57.7 Å². The molecule has 0 aromatic heterocycles. The van der Waals surface area contributed by atoms with Crippen molar-refractivity contribution in [3.8, 4) is 17.2 Å². The van der Waals surface area contributed by atoms with E-state index in [2.05, 4.69) is 0 Å². The second kappa shape index (κ2) is 9.41. The zero-order chi connectivity index (χ0) is 22.7. The van der Waals surface area contributed by atoms with Crippen LogP contribution in [0.4, 0.5) is 0 Å². The fraction of sp³-hybridized carbons (Fsp3) is 0.500. The Labute approximate surface area is 190 Å². The first-order valence-electron chi connectivity index (χ1n) is 11.6. The number of ether oxygens (including phenoxy) is 3. The fourth-order valence-corrected chi connectivity index (χ4v) is 4.77. The summed E-state index contributed by atoms with van der Waals surface area (Å²) < 4.78 is 18.0. The number of nitrogens with zero attached hydrogens (tertiary/aromatic N) is 1. The average molecular weight is 440 g/mol. The van der Waals surface area contributed by atoms with Gasteiger partial charge in [-0.05, 0) is 57.0 Å². The number of piperidine rings is 1. The number of para-hydroxylation sites is 1. The Morgan fingerprint density at radius 1 is 1.19 bits per heavy atom. The van der Waals surface area contributed by atoms with E-state index < -0.39 is 0 Å². The normalized spacial score (nSPS) is 19.4. The fourth-order valence-electron chi connectivity index (χ4n) is 4.77. The van der Waals surface area contributed by atoms with E-state index in [1.165, 1.54) is 0 Å². The highest BCUT2D eigenvalue weighted by Crippen LogP contribution is 2.45. The molecular weight excluding hydrogens is 406 g/mol. The number of carbonyl (C=O) groups excluding carboxylic acids is 1. The molecule has 1 saturated heterocycles. The minimum atomic E-state index is -0.329. The molecule has 1 N–H and O–H groups in total. The molecule has 4 rings (SSSR count). The SMILES string of the molecule is CCOc1cc(C(=O)N2CCC3(CC2)CC(CO)c2ccccc2O3)ccc1OC(C)C. The molecule has 1 spiro atoms. The number of aliphatic hydroxyl groups excluding tert-OH is 1. The quantitative estimate of drug-likeness (QED) is 0.722. The monoisotopic (exact) mass is 439 g/mol. The van der Waals surface area contributed by atoms with Crippen LogP contribution in [0.3, 0.4) is 0 Å². The number of benzene rings is 2. The molecule has 32 heavy (non-hydrogen) atoms. The van der Waals surface area contributed by atoms with Crippen LogP contribution < -0.4 is 14.2 Å². The van der Waals surface area contributed by atoms with Crippen LogP contribution in [-0.4, -0.2) is 53.9 Å². The van der Waals surface area contributed by atoms with Gasteiger partial charge in [-0.2, -0.15) is 0 Å². The summed E-state index contributed by atoms with van der Waals surface area (Å²) in [5.41, 5.74) is 1.35. The summed E-state index contributed by atoms with van der Waals surface area (Å²) in [6, 6.07) is 13.4. The summed E-state index contributed by atoms with van der Waals surface area (Å²) >= 11 is 0. The third-order valence-corrected chi connectivity index (χ3v) is 6.34. The molecule has 0 radical (unpaired) electrons. The number of amides is 1. The summed E-state index contributed by atoms with van der Waals surface area (Å²) in [7, 11) is 0. The smallest absolute Gasteiger partial charge is 0.253 e. The summed E-state index contributed by atoms with van der Waals surface area (Å²) in [4.78, 5) is 15.1. The topological polar surface area (TPSA) is 68.2 Å². The number of rotatable bonds is 6. The summed E-state index contributed by atoms with van der Waals surface area (Å²) in [5, 5.41) is 9.95. The lowest BCUT2D eigenvalue weighted by Crippen LogP contribution is -2.52. The summed E-state index contributed by atoms with van der Waals surface area (Å²) in [6.07, 6.45) is 2.29. The molecule has 6 heteroatoms. The molecule has 1 amide bonds. The van der Waals surface area contributed by atoms with Crippen molar-refractivity contribution in [3.63, 3.8) is 0 Å². The number of hydrogen-bond donors (Lipinski definition) is 1. The van der Waals surface area contributed by atoms with Crippen molar-refractivity contribution in [3.05, 3.63) is 53.6 Å². The molecule has 2 aromatic rings. The minimum Gasteiger partial charge on any atom is -0.490 e. The number of aliphatic hydroxyl groups is 1. The van der Waals surface area contributed by atoms with Crippen molar-refractivity contribution in [1.29, 1.82) is 0 Å². The highest BCUT2D eigenvalue weighted by Gasteiger charge is 2.43. The van der Waals surface area contributed by atoms with Gasteiger partial charge in [-0.15, -0.1) is 0 Å². The standard InChI is InChI=1S/C26H33NO5/c1-4-30-24-15-19(9-10-23(24)31-18(2)3)25(29)27-13-11-26(12-14-27)16-20(17-28)21-7-5-6-8-22(21)32-26/h5-10,15,18,20,28H,4,11-14,16-17H2,1-3H3. The van der Waals surface area contributed by atoms with Gasteiger partial charge in [0.2, 0.25) is 0 Å². The third-order valence-electron chi connectivity index (χ3n) is 6.34. The third kappa shape index (κ3) is 4.56. The maximum atomic E-state index is 13.2. The molecule has 0 bridgehead atoms. The summed E-state index contributed by atoms with van der Waals surface area (Å²) in [6.45, 7) is 7.69. The Morgan fingerprint density at radius 2 is 1.94 bits per heavy atom. The zero-order valence-corrected chi connectivity index (χ0v) is 19.2. The van der Waals surface area contributed by atoms with Crippen LogP contribution in [-0.2, 0) is 0 Å². The van der Waals surface area contributed by atoms with Gasteiger partial charge in [-0.25, -0.2) is 0 Å². The van der Waals surface area contributed by atoms with E-state index >= 15 is 0 Å². The maximum Gasteiger partial charge on any atom is 0.253 e. The molecule has 2 aromatic carbocycles. The Kier molecular flexibility index (Phi) is 6.60. The number of hydrogen-bond acceptors (Lipinski definition) is 5. The van der Waals surface area contributed by atoms with Gasteiger partial charge in [-0.3, -0.25) is 4.79 Å². The van der Waals surface area contributed by atoms with E-state index in [9.17, 15) is 9.90 Å². The first kappa shape index (κ1) is 22.5. The average Bonchev–Trinajstić information content (AvgIpc) is 2.79. The first-order valence-corrected chi connectivity index (χ1v) is 11.6. The summed E-state index contributed by atoms with van der Waals surface area (Å²) in [5.74, 6) is 2.18. The predicted molar refractivity (Wildman–Crippen MR) is 123 cm³/mol. The van der Waals surface area contributed by atoms with Crippen molar-refractivity contribution in [1.82, 2.24) is 4.90 Å². The molecule has 0 saturated carbocycles. The van der Waals surface area contributed by atoms with Crippen molar-refractivity contribution < 1.29 is 24.1 Å². The van der Waals surface area contributed by atoms with Crippen LogP contribution in [0.15, 0.2) is 42.5 Å². The lowest BCUT2D eigenvalue weighted by atomic mass is 9.77. The van der Waals surface area contributed by atoms with Crippen molar-refractivity contribution >= 4 is 5.91 Å². The molecule has 0 aliphatic carbocycles. The van der Waals surface area contributed by atoms with Gasteiger partial charge in [0, 0.05) is 37.4 Å².